The number of benzene rings is 2. The van der Waals surface area contributed by atoms with Gasteiger partial charge in [0.15, 0.2) is 11.5 Å². The van der Waals surface area contributed by atoms with Gasteiger partial charge in [-0.05, 0) is 36.4 Å². The van der Waals surface area contributed by atoms with Gasteiger partial charge in [0.25, 0.3) is 0 Å². The van der Waals surface area contributed by atoms with E-state index in [4.69, 9.17) is 23.7 Å². The van der Waals surface area contributed by atoms with Gasteiger partial charge in [-0.15, -0.1) is 0 Å². The third kappa shape index (κ3) is 4.44. The molecule has 0 saturated heterocycles. The molecule has 2 rings (SSSR count). The minimum Gasteiger partial charge on any atom is -0.497 e. The van der Waals surface area contributed by atoms with Crippen LogP contribution >= 0.6 is 0 Å². The summed E-state index contributed by atoms with van der Waals surface area (Å²) in [6, 6.07) is 10.4. The summed E-state index contributed by atoms with van der Waals surface area (Å²) < 4.78 is 26.2. The van der Waals surface area contributed by atoms with Crippen molar-refractivity contribution in [1.29, 1.82) is 0 Å². The molecule has 0 aliphatic carbocycles. The largest absolute Gasteiger partial charge is 0.497 e. The van der Waals surface area contributed by atoms with Gasteiger partial charge in [-0.25, -0.2) is 4.79 Å². The van der Waals surface area contributed by atoms with Gasteiger partial charge in [0, 0.05) is 11.6 Å². The quantitative estimate of drug-likeness (QED) is 0.436. The number of carbonyl (C=O) groups is 1. The zero-order valence-electron chi connectivity index (χ0n) is 14.6. The first kappa shape index (κ1) is 18.2. The van der Waals surface area contributed by atoms with Crippen LogP contribution < -0.4 is 23.7 Å². The van der Waals surface area contributed by atoms with Gasteiger partial charge in [0.1, 0.15) is 11.5 Å². The average Bonchev–Trinajstić information content (AvgIpc) is 2.66. The first-order chi connectivity index (χ1) is 12.1. The smallest absolute Gasteiger partial charge is 0.336 e. The fraction of sp³-hybridized carbons (Fsp3) is 0.211. The fourth-order valence-corrected chi connectivity index (χ4v) is 2.18. The molecule has 0 spiro atoms. The lowest BCUT2D eigenvalue weighted by molar-refractivity contribution is -0.129. The highest BCUT2D eigenvalue weighted by molar-refractivity contribution is 5.90. The van der Waals surface area contributed by atoms with E-state index in [1.54, 1.807) is 56.7 Å². The molecule has 0 radical (unpaired) electrons. The molecule has 6 nitrogen and oxygen atoms in total. The second kappa shape index (κ2) is 8.63. The van der Waals surface area contributed by atoms with E-state index in [0.717, 1.165) is 0 Å². The van der Waals surface area contributed by atoms with Crippen LogP contribution in [-0.4, -0.2) is 34.4 Å². The minimum absolute atomic E-state index is 0.222. The zero-order valence-corrected chi connectivity index (χ0v) is 14.6. The Morgan fingerprint density at radius 1 is 0.840 bits per heavy atom. The number of hydrogen-bond acceptors (Lipinski definition) is 6. The van der Waals surface area contributed by atoms with Crippen molar-refractivity contribution in [3.05, 3.63) is 48.0 Å². The molecule has 132 valence electrons. The van der Waals surface area contributed by atoms with Gasteiger partial charge in [-0.3, -0.25) is 0 Å². The fourth-order valence-electron chi connectivity index (χ4n) is 2.18. The lowest BCUT2D eigenvalue weighted by Gasteiger charge is -2.11. The summed E-state index contributed by atoms with van der Waals surface area (Å²) in [6.07, 6.45) is 2.88. The van der Waals surface area contributed by atoms with Crippen molar-refractivity contribution >= 4 is 12.0 Å². The van der Waals surface area contributed by atoms with Crippen molar-refractivity contribution < 1.29 is 28.5 Å². The second-order valence-corrected chi connectivity index (χ2v) is 4.85. The molecule has 0 amide bonds. The van der Waals surface area contributed by atoms with E-state index < -0.39 is 5.97 Å². The summed E-state index contributed by atoms with van der Waals surface area (Å²) in [5.74, 6) is 1.72. The van der Waals surface area contributed by atoms with E-state index >= 15 is 0 Å². The number of rotatable bonds is 7. The lowest BCUT2D eigenvalue weighted by atomic mass is 10.1. The van der Waals surface area contributed by atoms with Crippen molar-refractivity contribution in [2.24, 2.45) is 0 Å². The van der Waals surface area contributed by atoms with Gasteiger partial charge in [0.2, 0.25) is 5.75 Å². The Morgan fingerprint density at radius 2 is 1.48 bits per heavy atom. The molecule has 0 aliphatic rings. The highest BCUT2D eigenvalue weighted by atomic mass is 16.6. The topological polar surface area (TPSA) is 63.2 Å². The monoisotopic (exact) mass is 344 g/mol. The van der Waals surface area contributed by atoms with Crippen LogP contribution in [0.5, 0.6) is 28.7 Å². The number of para-hydroxylation sites is 1. The molecule has 0 aliphatic heterocycles. The molecule has 6 heteroatoms. The summed E-state index contributed by atoms with van der Waals surface area (Å²) in [6.45, 7) is 0. The number of esters is 1. The van der Waals surface area contributed by atoms with Crippen LogP contribution in [-0.2, 0) is 4.79 Å². The van der Waals surface area contributed by atoms with Gasteiger partial charge in [0.05, 0.1) is 28.4 Å². The summed E-state index contributed by atoms with van der Waals surface area (Å²) in [5, 5.41) is 0. The standard InChI is InChI=1S/C19H20O6/c1-21-14-9-10-15(22-2)13(12-14)8-11-18(20)25-19-16(23-3)6-5-7-17(19)24-4/h5-12H,1-4H3/b11-8+. The third-order valence-electron chi connectivity index (χ3n) is 3.42. The number of hydrogen-bond donors (Lipinski definition) is 0. The first-order valence-electron chi connectivity index (χ1n) is 7.45. The maximum atomic E-state index is 12.2. The third-order valence-corrected chi connectivity index (χ3v) is 3.42. The molecule has 0 bridgehead atoms. The normalized spacial score (nSPS) is 10.4. The van der Waals surface area contributed by atoms with Crippen molar-refractivity contribution in [1.82, 2.24) is 0 Å². The molecule has 0 N–H and O–H groups in total. The summed E-state index contributed by atoms with van der Waals surface area (Å²) in [4.78, 5) is 12.2. The molecular formula is C19H20O6. The van der Waals surface area contributed by atoms with Crippen molar-refractivity contribution in [3.63, 3.8) is 0 Å². The van der Waals surface area contributed by atoms with E-state index in [-0.39, 0.29) is 5.75 Å². The van der Waals surface area contributed by atoms with Crippen LogP contribution in [0.15, 0.2) is 42.5 Å². The summed E-state index contributed by atoms with van der Waals surface area (Å²) in [5.41, 5.74) is 0.686. The number of methoxy groups -OCH3 is 4. The molecule has 2 aromatic rings. The highest BCUT2D eigenvalue weighted by Gasteiger charge is 2.14. The van der Waals surface area contributed by atoms with Crippen LogP contribution in [0, 0.1) is 0 Å². The van der Waals surface area contributed by atoms with Crippen LogP contribution in [0.2, 0.25) is 0 Å². The molecule has 0 unspecified atom stereocenters. The van der Waals surface area contributed by atoms with Crippen LogP contribution in [0.3, 0.4) is 0 Å². The number of carbonyl (C=O) groups excluding carboxylic acids is 1. The molecule has 0 fully saturated rings. The predicted octanol–water partition coefficient (Wildman–Crippen LogP) is 3.34. The molecule has 0 saturated carbocycles. The number of ether oxygens (including phenoxy) is 5. The maximum Gasteiger partial charge on any atom is 0.336 e. The van der Waals surface area contributed by atoms with Gasteiger partial charge >= 0.3 is 5.97 Å². The zero-order chi connectivity index (χ0) is 18.2. The molecule has 0 atom stereocenters. The molecule has 0 heterocycles. The maximum absolute atomic E-state index is 12.2. The van der Waals surface area contributed by atoms with Crippen molar-refractivity contribution in [2.75, 3.05) is 28.4 Å². The molecule has 2 aromatic carbocycles. The van der Waals surface area contributed by atoms with E-state index in [1.807, 2.05) is 0 Å². The average molecular weight is 344 g/mol. The molecule has 0 aromatic heterocycles. The SMILES string of the molecule is COc1ccc(OC)c(/C=C/C(=O)Oc2c(OC)cccc2OC)c1. The summed E-state index contributed by atoms with van der Waals surface area (Å²) >= 11 is 0. The predicted molar refractivity (Wildman–Crippen MR) is 93.8 cm³/mol. The molecule has 25 heavy (non-hydrogen) atoms. The van der Waals surface area contributed by atoms with E-state index in [0.29, 0.717) is 28.6 Å². The first-order valence-corrected chi connectivity index (χ1v) is 7.45. The summed E-state index contributed by atoms with van der Waals surface area (Å²) in [7, 11) is 6.10. The van der Waals surface area contributed by atoms with E-state index in [2.05, 4.69) is 0 Å². The minimum atomic E-state index is -0.576. The van der Waals surface area contributed by atoms with Gasteiger partial charge in [-0.2, -0.15) is 0 Å². The van der Waals surface area contributed by atoms with E-state index in [1.165, 1.54) is 20.3 Å². The molecular weight excluding hydrogens is 324 g/mol. The van der Waals surface area contributed by atoms with Crippen LogP contribution in [0.4, 0.5) is 0 Å². The van der Waals surface area contributed by atoms with Gasteiger partial charge < -0.3 is 23.7 Å². The Bertz CT molecular complexity index is 744. The highest BCUT2D eigenvalue weighted by Crippen LogP contribution is 2.37. The lowest BCUT2D eigenvalue weighted by Crippen LogP contribution is -2.06. The Morgan fingerprint density at radius 3 is 2.04 bits per heavy atom. The second-order valence-electron chi connectivity index (χ2n) is 4.85. The Labute approximate surface area is 146 Å². The Hall–Kier alpha value is -3.15. The van der Waals surface area contributed by atoms with Crippen molar-refractivity contribution in [3.8, 4) is 28.7 Å². The van der Waals surface area contributed by atoms with E-state index in [9.17, 15) is 4.79 Å². The van der Waals surface area contributed by atoms with Crippen molar-refractivity contribution in [2.45, 2.75) is 0 Å². The van der Waals surface area contributed by atoms with Crippen LogP contribution in [0.1, 0.15) is 5.56 Å². The Balaban J connectivity index is 2.22. The Kier molecular flexibility index (Phi) is 6.28. The van der Waals surface area contributed by atoms with Gasteiger partial charge in [-0.1, -0.05) is 6.07 Å². The van der Waals surface area contributed by atoms with Crippen LogP contribution in [0.25, 0.3) is 6.08 Å².